The number of β-amino-alcohol motifs (C(OH)–C–C–N with tert-alkyl or cyclic N) is 1. The Kier molecular flexibility index (Phi) is 7.81. The molecule has 0 spiro atoms. The second kappa shape index (κ2) is 10.6. The van der Waals surface area contributed by atoms with Crippen molar-refractivity contribution in [2.45, 2.75) is 31.9 Å². The van der Waals surface area contributed by atoms with E-state index >= 15 is 0 Å². The number of carbonyl (C=O) groups is 2. The van der Waals surface area contributed by atoms with Gasteiger partial charge in [-0.3, -0.25) is 19.9 Å². The van der Waals surface area contributed by atoms with Gasteiger partial charge in [-0.2, -0.15) is 0 Å². The van der Waals surface area contributed by atoms with Crippen LogP contribution < -0.4 is 10.1 Å². The Morgan fingerprint density at radius 3 is 2.78 bits per heavy atom. The lowest BCUT2D eigenvalue weighted by atomic mass is 10.1. The molecule has 10 heteroatoms. The highest BCUT2D eigenvalue weighted by Crippen LogP contribution is 2.19. The Labute approximate surface area is 188 Å². The van der Waals surface area contributed by atoms with Crippen molar-refractivity contribution in [1.82, 2.24) is 15.1 Å². The predicted octanol–water partition coefficient (Wildman–Crippen LogP) is 0.288. The van der Waals surface area contributed by atoms with Crippen molar-refractivity contribution < 1.29 is 28.7 Å². The summed E-state index contributed by atoms with van der Waals surface area (Å²) in [4.78, 5) is 32.2. The van der Waals surface area contributed by atoms with E-state index in [0.717, 1.165) is 23.3 Å². The van der Waals surface area contributed by atoms with Crippen molar-refractivity contribution in [2.75, 3.05) is 47.5 Å². The van der Waals surface area contributed by atoms with Gasteiger partial charge in [0.25, 0.3) is 5.91 Å². The highest BCUT2D eigenvalue weighted by molar-refractivity contribution is 6.22. The monoisotopic (exact) mass is 446 g/mol. The minimum absolute atomic E-state index is 0.0570. The van der Waals surface area contributed by atoms with E-state index in [9.17, 15) is 14.7 Å². The number of hydrogen-bond acceptors (Lipinski definition) is 7. The third kappa shape index (κ3) is 5.08. The second-order valence-electron chi connectivity index (χ2n) is 7.83. The first-order valence-corrected chi connectivity index (χ1v) is 10.8. The van der Waals surface area contributed by atoms with Gasteiger partial charge in [0.15, 0.2) is 0 Å². The molecular weight excluding hydrogens is 414 g/mol. The average Bonchev–Trinajstić information content (AvgIpc) is 3.16. The minimum Gasteiger partial charge on any atom is -0.491 e. The summed E-state index contributed by atoms with van der Waals surface area (Å²) in [5, 5.41) is 13.9. The van der Waals surface area contributed by atoms with Crippen molar-refractivity contribution in [3.05, 3.63) is 29.8 Å². The summed E-state index contributed by atoms with van der Waals surface area (Å²) >= 11 is 0. The number of imide groups is 1. The number of nitrogens with zero attached hydrogens (tertiary/aromatic N) is 4. The van der Waals surface area contributed by atoms with Gasteiger partial charge in [0.05, 0.1) is 13.1 Å². The van der Waals surface area contributed by atoms with Crippen molar-refractivity contribution in [3.8, 4) is 5.75 Å². The van der Waals surface area contributed by atoms with Crippen LogP contribution in [-0.2, 0) is 16.0 Å². The normalized spacial score (nSPS) is 19.3. The number of benzene rings is 1. The number of amides is 3. The van der Waals surface area contributed by atoms with Crippen LogP contribution in [-0.4, -0.2) is 103 Å². The maximum Gasteiger partial charge on any atom is 0.390 e. The molecule has 2 aliphatic heterocycles. The minimum atomic E-state index is -0.883. The molecule has 0 radical (unpaired) electrons. The summed E-state index contributed by atoms with van der Waals surface area (Å²) in [6.07, 6.45) is 0.752. The number of fused-ring (bicyclic) bond motifs is 1. The van der Waals surface area contributed by atoms with Gasteiger partial charge in [0.1, 0.15) is 18.5 Å². The summed E-state index contributed by atoms with van der Waals surface area (Å²) in [5.74, 6) is 1.08. The summed E-state index contributed by atoms with van der Waals surface area (Å²) in [7, 11) is 4.66. The molecule has 0 saturated carbocycles. The molecule has 2 atom stereocenters. The Hall–Kier alpha value is -2.98. The number of aliphatic hydroxyl groups is 1. The number of methoxy groups -OCH3 is 1. The fourth-order valence-electron chi connectivity index (χ4n) is 3.68. The average molecular weight is 447 g/mol. The molecule has 2 heterocycles. The van der Waals surface area contributed by atoms with E-state index in [1.54, 1.807) is 18.7 Å². The number of nitrogens with one attached hydrogen (secondary N) is 1. The number of aryl methyl sites for hydroxylation is 1. The maximum atomic E-state index is 12.9. The molecule has 0 aromatic heterocycles. The first-order chi connectivity index (χ1) is 15.4. The summed E-state index contributed by atoms with van der Waals surface area (Å²) < 4.78 is 12.5. The largest absolute Gasteiger partial charge is 0.491 e. The fraction of sp³-hybridized carbons (Fsp3) is 0.545. The van der Waals surface area contributed by atoms with Crippen LogP contribution in [0.1, 0.15) is 18.9 Å². The third-order valence-electron chi connectivity index (χ3n) is 5.50. The molecule has 2 unspecified atom stereocenters. The Morgan fingerprint density at radius 2 is 2.06 bits per heavy atom. The van der Waals surface area contributed by atoms with Gasteiger partial charge >= 0.3 is 12.0 Å². The summed E-state index contributed by atoms with van der Waals surface area (Å²) in [6, 6.07) is 6.50. The molecule has 0 aliphatic carbocycles. The highest BCUT2D eigenvalue weighted by atomic mass is 16.5. The van der Waals surface area contributed by atoms with E-state index in [0.29, 0.717) is 30.7 Å². The molecule has 32 heavy (non-hydrogen) atoms. The number of aliphatic hydroxyl groups excluding tert-OH is 1. The number of guanidine groups is 1. The molecule has 1 saturated heterocycles. The van der Waals surface area contributed by atoms with Crippen molar-refractivity contribution in [1.29, 1.82) is 0 Å². The zero-order chi connectivity index (χ0) is 23.3. The summed E-state index contributed by atoms with van der Waals surface area (Å²) in [6.45, 7) is 3.38. The van der Waals surface area contributed by atoms with Gasteiger partial charge in [0.2, 0.25) is 11.9 Å². The van der Waals surface area contributed by atoms with Crippen LogP contribution in [0.15, 0.2) is 29.3 Å². The van der Waals surface area contributed by atoms with Crippen LogP contribution in [0.4, 0.5) is 4.79 Å². The Balaban J connectivity index is 1.74. The lowest BCUT2D eigenvalue weighted by Crippen LogP contribution is -2.62. The molecule has 3 rings (SSSR count). The van der Waals surface area contributed by atoms with E-state index in [-0.39, 0.29) is 19.1 Å². The van der Waals surface area contributed by atoms with Crippen LogP contribution in [0.2, 0.25) is 0 Å². The van der Waals surface area contributed by atoms with E-state index in [2.05, 4.69) is 17.2 Å². The van der Waals surface area contributed by atoms with Crippen molar-refractivity contribution >= 4 is 23.7 Å². The topological polar surface area (TPSA) is 107 Å². The molecule has 1 fully saturated rings. The zero-order valence-electron chi connectivity index (χ0n) is 19.1. The molecule has 2 aliphatic rings. The number of urea groups is 1. The number of rotatable bonds is 10. The van der Waals surface area contributed by atoms with Crippen LogP contribution in [0.5, 0.6) is 5.75 Å². The molecule has 3 amide bonds. The number of amidine groups is 1. The van der Waals surface area contributed by atoms with Crippen LogP contribution >= 0.6 is 0 Å². The predicted molar refractivity (Wildman–Crippen MR) is 119 cm³/mol. The Morgan fingerprint density at radius 1 is 1.28 bits per heavy atom. The second-order valence-corrected chi connectivity index (χ2v) is 7.83. The Bertz CT molecular complexity index is 916. The molecule has 174 valence electrons. The van der Waals surface area contributed by atoms with E-state index < -0.39 is 18.2 Å². The van der Waals surface area contributed by atoms with Gasteiger partial charge < -0.3 is 14.6 Å². The number of likely N-dealkylation sites (N-methyl/N-ethyl adjacent to an activating group) is 2. The third-order valence-corrected chi connectivity index (χ3v) is 5.50. The van der Waals surface area contributed by atoms with Gasteiger partial charge in [-0.25, -0.2) is 9.37 Å². The van der Waals surface area contributed by atoms with Gasteiger partial charge in [-0.15, -0.1) is 0 Å². The van der Waals surface area contributed by atoms with E-state index in [4.69, 9.17) is 9.47 Å². The van der Waals surface area contributed by atoms with Crippen molar-refractivity contribution in [3.63, 3.8) is 0 Å². The molecule has 1 aromatic carbocycles. The molecule has 0 bridgehead atoms. The van der Waals surface area contributed by atoms with Gasteiger partial charge in [-0.05, 0) is 24.1 Å². The van der Waals surface area contributed by atoms with Crippen LogP contribution in [0.3, 0.4) is 0 Å². The lowest BCUT2D eigenvalue weighted by Gasteiger charge is -2.32. The van der Waals surface area contributed by atoms with E-state index in [1.165, 1.54) is 11.9 Å². The smallest absolute Gasteiger partial charge is 0.390 e. The number of carbonyl (C=O) groups excluding carboxylic acids is 2. The standard InChI is InChI=1S/C22H31N5O5/c1-5-15-8-6-9-17(12-15)32-14-16(28)13-27-18-19(24-21(27)23-10-7-11-31-4)25(2)22(30)26(3)20(18)29/h6,8-9,12,16,18,28H,5,7,10-11,13-14H2,1-4H3/p+1. The van der Waals surface area contributed by atoms with E-state index in [1.807, 2.05) is 24.3 Å². The SMILES string of the molecule is CCc1cccc(OCC(O)C[N+]2=C(NCCCOC)N=C3C2C(=O)N(C)C(=O)N3C)c1. The number of aliphatic imine (C=N–C) groups is 1. The van der Waals surface area contributed by atoms with Gasteiger partial charge in [-0.1, -0.05) is 24.0 Å². The van der Waals surface area contributed by atoms with Gasteiger partial charge in [0, 0.05) is 34.2 Å². The highest BCUT2D eigenvalue weighted by Gasteiger charge is 2.51. The lowest BCUT2D eigenvalue weighted by molar-refractivity contribution is -0.545. The van der Waals surface area contributed by atoms with Crippen LogP contribution in [0, 0.1) is 0 Å². The zero-order valence-corrected chi connectivity index (χ0v) is 19.1. The first kappa shape index (κ1) is 23.7. The van der Waals surface area contributed by atoms with Crippen molar-refractivity contribution in [2.24, 2.45) is 4.99 Å². The van der Waals surface area contributed by atoms with Crippen LogP contribution in [0.25, 0.3) is 0 Å². The summed E-state index contributed by atoms with van der Waals surface area (Å²) in [5.41, 5.74) is 1.15. The number of hydrogen-bond donors (Lipinski definition) is 2. The number of ether oxygens (including phenoxy) is 2. The maximum absolute atomic E-state index is 12.9. The fourth-order valence-corrected chi connectivity index (χ4v) is 3.68. The molecule has 2 N–H and O–H groups in total. The quantitative estimate of drug-likeness (QED) is 0.395. The molecular formula is C22H32N5O5+. The molecule has 10 nitrogen and oxygen atoms in total. The molecule has 1 aromatic rings. The first-order valence-electron chi connectivity index (χ1n) is 10.8.